The van der Waals surface area contributed by atoms with Gasteiger partial charge < -0.3 is 19.4 Å². The number of nitrogens with zero attached hydrogens (tertiary/aromatic N) is 1. The first-order valence-electron chi connectivity index (χ1n) is 12.1. The fourth-order valence-corrected chi connectivity index (χ4v) is 9.82. The summed E-state index contributed by atoms with van der Waals surface area (Å²) < 4.78 is 14.2. The maximum atomic E-state index is 12.4. The zero-order valence-corrected chi connectivity index (χ0v) is 22.2. The minimum Gasteiger partial charge on any atom is -0.402 e. The van der Waals surface area contributed by atoms with Gasteiger partial charge in [-0.05, 0) is 29.3 Å². The summed E-state index contributed by atoms with van der Waals surface area (Å²) >= 11 is 0. The molecule has 0 bridgehead atoms. The molecule has 0 aliphatic carbocycles. The minimum absolute atomic E-state index is 0.292. The van der Waals surface area contributed by atoms with Crippen LogP contribution in [0.1, 0.15) is 39.5 Å². The number of aromatic amines is 1. The number of H-pyrrole nitrogens is 1. The van der Waals surface area contributed by atoms with Gasteiger partial charge in [0.1, 0.15) is 18.3 Å². The lowest BCUT2D eigenvalue weighted by Gasteiger charge is -2.45. The summed E-state index contributed by atoms with van der Waals surface area (Å²) in [5.74, 6) is 0. The second-order valence-corrected chi connectivity index (χ2v) is 14.7. The molecule has 36 heavy (non-hydrogen) atoms. The van der Waals surface area contributed by atoms with Crippen LogP contribution < -0.4 is 21.6 Å². The molecular formula is C27H34N2O6Si. The van der Waals surface area contributed by atoms with Gasteiger partial charge in [-0.3, -0.25) is 14.3 Å². The number of aromatic nitrogens is 2. The zero-order valence-electron chi connectivity index (χ0n) is 21.2. The fourth-order valence-electron chi connectivity index (χ4n) is 5.12. The van der Waals surface area contributed by atoms with Gasteiger partial charge in [-0.25, -0.2) is 4.79 Å². The van der Waals surface area contributed by atoms with E-state index >= 15 is 0 Å². The third kappa shape index (κ3) is 4.53. The summed E-state index contributed by atoms with van der Waals surface area (Å²) in [6.07, 6.45) is -4.07. The molecule has 8 nitrogen and oxygen atoms in total. The van der Waals surface area contributed by atoms with Crippen LogP contribution >= 0.6 is 0 Å². The Labute approximate surface area is 211 Å². The number of nitrogens with one attached hydrogen (secondary N) is 1. The lowest BCUT2D eigenvalue weighted by Crippen LogP contribution is -2.68. The summed E-state index contributed by atoms with van der Waals surface area (Å²) in [7, 11) is -2.95. The molecule has 2 unspecified atom stereocenters. The summed E-state index contributed by atoms with van der Waals surface area (Å²) in [4.78, 5) is 26.5. The first kappa shape index (κ1) is 26.2. The Balaban J connectivity index is 1.74. The van der Waals surface area contributed by atoms with Crippen molar-refractivity contribution in [3.8, 4) is 0 Å². The highest BCUT2D eigenvalue weighted by Crippen LogP contribution is 2.39. The fraction of sp³-hybridized carbons (Fsp3) is 0.407. The van der Waals surface area contributed by atoms with E-state index in [1.54, 1.807) is 6.92 Å². The van der Waals surface area contributed by atoms with Gasteiger partial charge in [0.2, 0.25) is 0 Å². The van der Waals surface area contributed by atoms with Crippen LogP contribution in [0, 0.1) is 6.92 Å². The van der Waals surface area contributed by atoms with Crippen molar-refractivity contribution in [3.05, 3.63) is 93.3 Å². The third-order valence-electron chi connectivity index (χ3n) is 6.94. The average molecular weight is 511 g/mol. The number of aliphatic hydroxyl groups is 2. The number of ether oxygens (including phenoxy) is 1. The summed E-state index contributed by atoms with van der Waals surface area (Å²) in [6, 6.07) is 20.2. The van der Waals surface area contributed by atoms with E-state index in [2.05, 4.69) is 50.0 Å². The van der Waals surface area contributed by atoms with E-state index in [9.17, 15) is 19.8 Å². The molecule has 1 fully saturated rings. The van der Waals surface area contributed by atoms with Gasteiger partial charge in [-0.1, -0.05) is 81.4 Å². The Bertz CT molecular complexity index is 1260. The predicted molar refractivity (Wildman–Crippen MR) is 140 cm³/mol. The normalized spacial score (nSPS) is 23.5. The third-order valence-corrected chi connectivity index (χ3v) is 12.1. The topological polar surface area (TPSA) is 114 Å². The number of aryl methyl sites for hydroxylation is 1. The van der Waals surface area contributed by atoms with Gasteiger partial charge in [0.15, 0.2) is 6.23 Å². The molecular weight excluding hydrogens is 476 g/mol. The van der Waals surface area contributed by atoms with Crippen molar-refractivity contribution in [3.63, 3.8) is 0 Å². The summed E-state index contributed by atoms with van der Waals surface area (Å²) in [5, 5.41) is 23.7. The highest BCUT2D eigenvalue weighted by Gasteiger charge is 2.54. The Hall–Kier alpha value is -2.82. The van der Waals surface area contributed by atoms with E-state index in [1.807, 2.05) is 43.3 Å². The van der Waals surface area contributed by atoms with E-state index in [0.29, 0.717) is 5.56 Å². The molecule has 5 atom stereocenters. The van der Waals surface area contributed by atoms with Crippen LogP contribution in [-0.4, -0.2) is 52.5 Å². The summed E-state index contributed by atoms with van der Waals surface area (Å²) in [5.41, 5.74) is -0.938. The lowest BCUT2D eigenvalue weighted by atomic mass is 10.1. The highest BCUT2D eigenvalue weighted by atomic mass is 28.4. The SMILES string of the molecule is Cc1cn([C@@H]2O[C@H]([C@H](C)O[Si](c3ccccc3)(c3ccccc3)C(C)(C)C)C(O)C2O)c(=O)[nH]c1=O. The Morgan fingerprint density at radius 1 is 0.972 bits per heavy atom. The van der Waals surface area contributed by atoms with E-state index < -0.39 is 50.2 Å². The first-order chi connectivity index (χ1) is 17.0. The van der Waals surface area contributed by atoms with Gasteiger partial charge in [-0.2, -0.15) is 0 Å². The van der Waals surface area contributed by atoms with Crippen molar-refractivity contribution in [2.24, 2.45) is 0 Å². The molecule has 9 heteroatoms. The quantitative estimate of drug-likeness (QED) is 0.433. The molecule has 192 valence electrons. The second-order valence-electron chi connectivity index (χ2n) is 10.4. The molecule has 0 radical (unpaired) electrons. The average Bonchev–Trinajstić information content (AvgIpc) is 3.14. The van der Waals surface area contributed by atoms with Gasteiger partial charge in [-0.15, -0.1) is 0 Å². The Kier molecular flexibility index (Phi) is 7.23. The van der Waals surface area contributed by atoms with Crippen LogP contribution in [0.3, 0.4) is 0 Å². The van der Waals surface area contributed by atoms with Crippen molar-refractivity contribution in [2.45, 2.75) is 70.3 Å². The van der Waals surface area contributed by atoms with Crippen LogP contribution in [-0.2, 0) is 9.16 Å². The van der Waals surface area contributed by atoms with Crippen LogP contribution in [0.5, 0.6) is 0 Å². The van der Waals surface area contributed by atoms with E-state index in [1.165, 1.54) is 6.20 Å². The first-order valence-corrected chi connectivity index (χ1v) is 14.0. The minimum atomic E-state index is -2.95. The smallest absolute Gasteiger partial charge is 0.330 e. The van der Waals surface area contributed by atoms with Gasteiger partial charge in [0.05, 0.1) is 6.10 Å². The van der Waals surface area contributed by atoms with Crippen LogP contribution in [0.2, 0.25) is 5.04 Å². The van der Waals surface area contributed by atoms with Crippen LogP contribution in [0.25, 0.3) is 0 Å². The van der Waals surface area contributed by atoms with Crippen LogP contribution in [0.15, 0.2) is 76.4 Å². The maximum Gasteiger partial charge on any atom is 0.330 e. The number of hydrogen-bond acceptors (Lipinski definition) is 6. The highest BCUT2D eigenvalue weighted by molar-refractivity contribution is 6.99. The molecule has 0 spiro atoms. The van der Waals surface area contributed by atoms with Crippen molar-refractivity contribution in [1.29, 1.82) is 0 Å². The van der Waals surface area contributed by atoms with Crippen molar-refractivity contribution >= 4 is 18.7 Å². The number of hydrogen-bond donors (Lipinski definition) is 3. The molecule has 0 saturated carbocycles. The molecule has 1 aromatic heterocycles. The predicted octanol–water partition coefficient (Wildman–Crippen LogP) is 1.43. The number of benzene rings is 2. The second kappa shape index (κ2) is 9.91. The monoisotopic (exact) mass is 510 g/mol. The van der Waals surface area contributed by atoms with Crippen molar-refractivity contribution in [1.82, 2.24) is 9.55 Å². The van der Waals surface area contributed by atoms with E-state index in [0.717, 1.165) is 14.9 Å². The summed E-state index contributed by atoms with van der Waals surface area (Å²) in [6.45, 7) is 9.83. The molecule has 4 rings (SSSR count). The molecule has 3 N–H and O–H groups in total. The number of rotatable bonds is 6. The van der Waals surface area contributed by atoms with Crippen molar-refractivity contribution in [2.75, 3.05) is 0 Å². The van der Waals surface area contributed by atoms with Gasteiger partial charge >= 0.3 is 5.69 Å². The molecule has 2 aromatic carbocycles. The Morgan fingerprint density at radius 2 is 1.50 bits per heavy atom. The van der Waals surface area contributed by atoms with Crippen molar-refractivity contribution < 1.29 is 19.4 Å². The molecule has 1 aliphatic rings. The molecule has 1 saturated heterocycles. The van der Waals surface area contributed by atoms with E-state index in [4.69, 9.17) is 9.16 Å². The Morgan fingerprint density at radius 3 is 2.00 bits per heavy atom. The molecule has 0 amide bonds. The zero-order chi connectivity index (χ0) is 26.3. The largest absolute Gasteiger partial charge is 0.402 e. The maximum absolute atomic E-state index is 12.4. The standard InChI is InChI=1S/C27H34N2O6Si/c1-17-16-29(26(33)28-24(17)32)25-22(31)21(30)23(34-25)18(2)35-36(27(3,4)5,19-12-8-6-9-13-19)20-14-10-7-11-15-20/h6-16,18,21-23,25,30-31H,1-5H3,(H,28,32,33)/t18-,21?,22?,23+,25+/m0/s1. The van der Waals surface area contributed by atoms with Gasteiger partial charge in [0, 0.05) is 11.8 Å². The van der Waals surface area contributed by atoms with Gasteiger partial charge in [0.25, 0.3) is 13.9 Å². The van der Waals surface area contributed by atoms with E-state index in [-0.39, 0.29) is 5.04 Å². The molecule has 3 aromatic rings. The van der Waals surface area contributed by atoms with Crippen LogP contribution in [0.4, 0.5) is 0 Å². The molecule has 2 heterocycles. The number of aliphatic hydroxyl groups excluding tert-OH is 2. The lowest BCUT2D eigenvalue weighted by molar-refractivity contribution is -0.0759. The molecule has 1 aliphatic heterocycles.